The Morgan fingerprint density at radius 1 is 1.43 bits per heavy atom. The summed E-state index contributed by atoms with van der Waals surface area (Å²) in [7, 11) is 0. The van der Waals surface area contributed by atoms with E-state index in [-0.39, 0.29) is 29.1 Å². The van der Waals surface area contributed by atoms with Crippen LogP contribution in [0.3, 0.4) is 0 Å². The van der Waals surface area contributed by atoms with E-state index in [1.54, 1.807) is 0 Å². The molecule has 0 spiro atoms. The van der Waals surface area contributed by atoms with E-state index in [0.717, 1.165) is 17.3 Å². The molecule has 2 rings (SSSR count). The second-order valence-electron chi connectivity index (χ2n) is 6.85. The van der Waals surface area contributed by atoms with Gasteiger partial charge in [0.25, 0.3) is 0 Å². The Morgan fingerprint density at radius 2 is 2.05 bits per heavy atom. The minimum absolute atomic E-state index is 0. The van der Waals surface area contributed by atoms with Gasteiger partial charge in [-0.05, 0) is 36.0 Å². The summed E-state index contributed by atoms with van der Waals surface area (Å²) >= 11 is 3.50. The maximum atomic E-state index is 12.1. The van der Waals surface area contributed by atoms with Gasteiger partial charge >= 0.3 is 0 Å². The van der Waals surface area contributed by atoms with Crippen molar-refractivity contribution in [3.05, 3.63) is 34.3 Å². The zero-order valence-corrected chi connectivity index (χ0v) is 15.2. The first kappa shape index (κ1) is 18.5. The topological polar surface area (TPSA) is 55.1 Å². The first-order chi connectivity index (χ1) is 9.24. The molecule has 1 atom stereocenters. The minimum Gasteiger partial charge on any atom is -0.354 e. The molecule has 21 heavy (non-hydrogen) atoms. The smallest absolute Gasteiger partial charge is 0.237 e. The lowest BCUT2D eigenvalue weighted by Gasteiger charge is -2.27. The molecule has 3 nitrogen and oxygen atoms in total. The predicted octanol–water partition coefficient (Wildman–Crippen LogP) is 3.39. The van der Waals surface area contributed by atoms with E-state index >= 15 is 0 Å². The fraction of sp³-hybridized carbons (Fsp3) is 0.562. The van der Waals surface area contributed by atoms with Crippen LogP contribution in [0.4, 0.5) is 0 Å². The molecule has 1 aliphatic carbocycles. The molecule has 0 unspecified atom stereocenters. The summed E-state index contributed by atoms with van der Waals surface area (Å²) in [5.74, 6) is -0.0567. The first-order valence-corrected chi connectivity index (χ1v) is 7.83. The summed E-state index contributed by atoms with van der Waals surface area (Å²) in [5.41, 5.74) is 7.17. The number of amides is 1. The van der Waals surface area contributed by atoms with E-state index in [0.29, 0.717) is 6.54 Å². The van der Waals surface area contributed by atoms with Gasteiger partial charge in [0.15, 0.2) is 0 Å². The van der Waals surface area contributed by atoms with Gasteiger partial charge in [0, 0.05) is 16.4 Å². The van der Waals surface area contributed by atoms with Crippen molar-refractivity contribution in [3.8, 4) is 0 Å². The van der Waals surface area contributed by atoms with Crippen LogP contribution >= 0.6 is 28.3 Å². The molecule has 1 saturated carbocycles. The number of nitrogens with one attached hydrogen (secondary N) is 1. The van der Waals surface area contributed by atoms with E-state index in [1.165, 1.54) is 5.56 Å². The van der Waals surface area contributed by atoms with Crippen LogP contribution in [0.2, 0.25) is 0 Å². The molecule has 1 aliphatic rings. The van der Waals surface area contributed by atoms with Crippen molar-refractivity contribution < 1.29 is 4.79 Å². The Bertz CT molecular complexity index is 509. The van der Waals surface area contributed by atoms with E-state index in [1.807, 2.05) is 32.9 Å². The maximum absolute atomic E-state index is 12.1. The van der Waals surface area contributed by atoms with Crippen LogP contribution in [0.15, 0.2) is 28.7 Å². The van der Waals surface area contributed by atoms with Crippen molar-refractivity contribution >= 4 is 34.2 Å². The van der Waals surface area contributed by atoms with Crippen LogP contribution in [0.25, 0.3) is 0 Å². The summed E-state index contributed by atoms with van der Waals surface area (Å²) < 4.78 is 1.08. The van der Waals surface area contributed by atoms with E-state index < -0.39 is 6.04 Å². The number of halogens is 2. The molecule has 0 heterocycles. The van der Waals surface area contributed by atoms with E-state index in [2.05, 4.69) is 33.4 Å². The van der Waals surface area contributed by atoms with Gasteiger partial charge in [0.2, 0.25) is 5.91 Å². The molecule has 3 N–H and O–H groups in total. The molecule has 0 aromatic heterocycles. The van der Waals surface area contributed by atoms with Gasteiger partial charge in [-0.2, -0.15) is 0 Å². The molecule has 0 radical (unpaired) electrons. The Balaban J connectivity index is 0.00000220. The average molecular weight is 376 g/mol. The molecule has 1 aromatic carbocycles. The van der Waals surface area contributed by atoms with Crippen LogP contribution in [0, 0.1) is 5.41 Å². The van der Waals surface area contributed by atoms with Crippen molar-refractivity contribution in [2.45, 2.75) is 45.1 Å². The van der Waals surface area contributed by atoms with Crippen molar-refractivity contribution in [1.29, 1.82) is 0 Å². The van der Waals surface area contributed by atoms with Gasteiger partial charge in [-0.3, -0.25) is 4.79 Å². The van der Waals surface area contributed by atoms with Crippen molar-refractivity contribution in [3.63, 3.8) is 0 Å². The van der Waals surface area contributed by atoms with Crippen LogP contribution in [-0.2, 0) is 10.2 Å². The molecule has 1 aromatic rings. The van der Waals surface area contributed by atoms with E-state index in [9.17, 15) is 4.79 Å². The third-order valence-corrected chi connectivity index (χ3v) is 4.60. The molecular formula is C16H24BrClN2O. The monoisotopic (exact) mass is 374 g/mol. The molecule has 118 valence electrons. The summed E-state index contributed by atoms with van der Waals surface area (Å²) in [4.78, 5) is 12.1. The minimum atomic E-state index is -0.471. The van der Waals surface area contributed by atoms with Crippen molar-refractivity contribution in [1.82, 2.24) is 5.32 Å². The molecule has 5 heteroatoms. The molecule has 1 fully saturated rings. The van der Waals surface area contributed by atoms with Gasteiger partial charge < -0.3 is 11.1 Å². The lowest BCUT2D eigenvalue weighted by Crippen LogP contribution is -2.50. The number of hydrogen-bond donors (Lipinski definition) is 2. The normalized spacial score (nSPS) is 17.6. The Labute approximate surface area is 141 Å². The second kappa shape index (κ2) is 6.67. The summed E-state index contributed by atoms with van der Waals surface area (Å²) in [6.07, 6.45) is 2.24. The van der Waals surface area contributed by atoms with E-state index in [4.69, 9.17) is 5.73 Å². The first-order valence-electron chi connectivity index (χ1n) is 7.04. The number of benzene rings is 1. The molecular weight excluding hydrogens is 352 g/mol. The van der Waals surface area contributed by atoms with Crippen molar-refractivity contribution in [2.24, 2.45) is 11.1 Å². The molecule has 0 aliphatic heterocycles. The van der Waals surface area contributed by atoms with Crippen molar-refractivity contribution in [2.75, 3.05) is 6.54 Å². The largest absolute Gasteiger partial charge is 0.354 e. The lowest BCUT2D eigenvalue weighted by atomic mass is 9.86. The van der Waals surface area contributed by atoms with Crippen LogP contribution < -0.4 is 11.1 Å². The Morgan fingerprint density at radius 3 is 2.52 bits per heavy atom. The zero-order valence-electron chi connectivity index (χ0n) is 12.8. The van der Waals surface area contributed by atoms with Crippen LogP contribution in [0.5, 0.6) is 0 Å². The maximum Gasteiger partial charge on any atom is 0.237 e. The average Bonchev–Trinajstić information content (AvgIpc) is 3.15. The molecule has 0 saturated heterocycles. The highest BCUT2D eigenvalue weighted by atomic mass is 79.9. The molecule has 0 bridgehead atoms. The van der Waals surface area contributed by atoms with Gasteiger partial charge in [-0.1, -0.05) is 48.8 Å². The number of carbonyl (C=O) groups excluding carboxylic acids is 1. The number of rotatable bonds is 4. The van der Waals surface area contributed by atoms with Crippen LogP contribution in [0.1, 0.15) is 39.2 Å². The van der Waals surface area contributed by atoms with Gasteiger partial charge in [0.1, 0.15) is 0 Å². The number of nitrogens with two attached hydrogens (primary N) is 1. The quantitative estimate of drug-likeness (QED) is 0.847. The second-order valence-corrected chi connectivity index (χ2v) is 7.77. The Kier molecular flexibility index (Phi) is 5.87. The lowest BCUT2D eigenvalue weighted by molar-refractivity contribution is -0.124. The number of carbonyl (C=O) groups is 1. The fourth-order valence-corrected chi connectivity index (χ4v) is 2.70. The standard InChI is InChI=1S/C16H23BrN2O.ClH/c1-15(2,3)13(18)14(20)19-10-16(7-8-16)11-5-4-6-12(17)9-11;/h4-6,9,13H,7-8,10,18H2,1-3H3,(H,19,20);1H/t13-;/m1./s1. The summed E-state index contributed by atoms with van der Waals surface area (Å²) in [6, 6.07) is 7.87. The fourth-order valence-electron chi connectivity index (χ4n) is 2.30. The van der Waals surface area contributed by atoms with Crippen LogP contribution in [-0.4, -0.2) is 18.5 Å². The molecule has 1 amide bonds. The summed E-state index contributed by atoms with van der Waals surface area (Å²) in [5, 5.41) is 3.03. The Hall–Kier alpha value is -0.580. The number of hydrogen-bond acceptors (Lipinski definition) is 2. The highest BCUT2D eigenvalue weighted by Crippen LogP contribution is 2.48. The predicted molar refractivity (Wildman–Crippen MR) is 92.7 cm³/mol. The SMILES string of the molecule is CC(C)(C)[C@H](N)C(=O)NCC1(c2cccc(Br)c2)CC1.Cl. The highest BCUT2D eigenvalue weighted by molar-refractivity contribution is 9.10. The third-order valence-electron chi connectivity index (χ3n) is 4.11. The highest BCUT2D eigenvalue weighted by Gasteiger charge is 2.44. The van der Waals surface area contributed by atoms with Gasteiger partial charge in [-0.15, -0.1) is 12.4 Å². The third kappa shape index (κ3) is 4.44. The zero-order chi connectivity index (χ0) is 15.0. The van der Waals surface area contributed by atoms with Gasteiger partial charge in [-0.25, -0.2) is 0 Å². The van der Waals surface area contributed by atoms with Gasteiger partial charge in [0.05, 0.1) is 6.04 Å². The summed E-state index contributed by atoms with van der Waals surface area (Å²) in [6.45, 7) is 6.63.